The molecule has 0 bridgehead atoms. The molecule has 0 aliphatic carbocycles. The summed E-state index contributed by atoms with van der Waals surface area (Å²) in [6, 6.07) is 15.4. The van der Waals surface area contributed by atoms with Gasteiger partial charge in [0, 0.05) is 28.9 Å². The number of benzene rings is 2. The summed E-state index contributed by atoms with van der Waals surface area (Å²) in [4.78, 5) is 30.5. The summed E-state index contributed by atoms with van der Waals surface area (Å²) in [5.41, 5.74) is 0.949. The van der Waals surface area contributed by atoms with Gasteiger partial charge in [0.2, 0.25) is 0 Å². The van der Waals surface area contributed by atoms with Gasteiger partial charge in [-0.05, 0) is 31.2 Å². The van der Waals surface area contributed by atoms with Crippen molar-refractivity contribution in [3.8, 4) is 11.5 Å². The van der Waals surface area contributed by atoms with Gasteiger partial charge >= 0.3 is 0 Å². The molecule has 0 aliphatic heterocycles. The fourth-order valence-corrected chi connectivity index (χ4v) is 3.90. The second-order valence-corrected chi connectivity index (χ2v) is 8.28. The number of hydrogen-bond donors (Lipinski definition) is 1. The quantitative estimate of drug-likeness (QED) is 0.449. The number of amides is 1. The van der Waals surface area contributed by atoms with Crippen LogP contribution in [0.5, 0.6) is 11.5 Å². The zero-order chi connectivity index (χ0) is 21.8. The van der Waals surface area contributed by atoms with E-state index in [9.17, 15) is 9.59 Å². The SMILES string of the molecule is Cc1cn2c(=O)cc(COc3cccc(NC(=O)COc4ccccc4Cl)c3)nc2s1. The molecule has 0 saturated heterocycles. The molecule has 0 radical (unpaired) electrons. The highest BCUT2D eigenvalue weighted by atomic mass is 35.5. The second-order valence-electron chi connectivity index (χ2n) is 6.66. The Morgan fingerprint density at radius 1 is 1.16 bits per heavy atom. The average molecular weight is 456 g/mol. The molecule has 0 spiro atoms. The summed E-state index contributed by atoms with van der Waals surface area (Å²) in [5.74, 6) is 0.650. The minimum atomic E-state index is -0.328. The lowest BCUT2D eigenvalue weighted by molar-refractivity contribution is -0.118. The highest BCUT2D eigenvalue weighted by molar-refractivity contribution is 7.16. The molecule has 0 aliphatic rings. The van der Waals surface area contributed by atoms with Gasteiger partial charge in [-0.25, -0.2) is 4.98 Å². The molecule has 9 heteroatoms. The number of para-hydroxylation sites is 1. The van der Waals surface area contributed by atoms with Gasteiger partial charge in [0.25, 0.3) is 11.5 Å². The van der Waals surface area contributed by atoms with Crippen molar-refractivity contribution in [2.75, 3.05) is 11.9 Å². The third kappa shape index (κ3) is 5.22. The van der Waals surface area contributed by atoms with E-state index in [1.165, 1.54) is 21.8 Å². The lowest BCUT2D eigenvalue weighted by Crippen LogP contribution is -2.20. The van der Waals surface area contributed by atoms with E-state index in [0.717, 1.165) is 4.88 Å². The Morgan fingerprint density at radius 2 is 2.00 bits per heavy atom. The van der Waals surface area contributed by atoms with Crippen LogP contribution in [-0.4, -0.2) is 21.9 Å². The van der Waals surface area contributed by atoms with E-state index in [4.69, 9.17) is 21.1 Å². The van der Waals surface area contributed by atoms with Gasteiger partial charge in [-0.15, -0.1) is 11.3 Å². The molecule has 7 nitrogen and oxygen atoms in total. The standard InChI is InChI=1S/C22H18ClN3O4S/c1-14-11-26-21(28)10-16(25-22(26)31-14)12-29-17-6-4-5-15(9-17)24-20(27)13-30-19-8-3-2-7-18(19)23/h2-11H,12-13H2,1H3,(H,24,27). The van der Waals surface area contributed by atoms with Crippen molar-refractivity contribution < 1.29 is 14.3 Å². The van der Waals surface area contributed by atoms with Crippen LogP contribution in [0.3, 0.4) is 0 Å². The lowest BCUT2D eigenvalue weighted by atomic mass is 10.3. The van der Waals surface area contributed by atoms with E-state index in [1.54, 1.807) is 54.7 Å². The summed E-state index contributed by atoms with van der Waals surface area (Å²) in [6.45, 7) is 1.88. The normalized spacial score (nSPS) is 10.8. The molecule has 0 fully saturated rings. The van der Waals surface area contributed by atoms with E-state index in [1.807, 2.05) is 6.92 Å². The Kier molecular flexibility index (Phi) is 6.20. The molecule has 4 aromatic rings. The minimum Gasteiger partial charge on any atom is -0.487 e. The van der Waals surface area contributed by atoms with E-state index in [2.05, 4.69) is 10.3 Å². The number of carbonyl (C=O) groups excluding carboxylic acids is 1. The maximum absolute atomic E-state index is 12.2. The molecule has 2 aromatic carbocycles. The number of anilines is 1. The first-order chi connectivity index (χ1) is 15.0. The smallest absolute Gasteiger partial charge is 0.262 e. The summed E-state index contributed by atoms with van der Waals surface area (Å²) in [7, 11) is 0. The number of ether oxygens (including phenoxy) is 2. The Morgan fingerprint density at radius 3 is 2.84 bits per heavy atom. The van der Waals surface area contributed by atoms with Crippen LogP contribution >= 0.6 is 22.9 Å². The fourth-order valence-electron chi connectivity index (χ4n) is 2.86. The molecule has 0 unspecified atom stereocenters. The first kappa shape index (κ1) is 20.9. The van der Waals surface area contributed by atoms with Crippen LogP contribution in [0.1, 0.15) is 10.6 Å². The first-order valence-corrected chi connectivity index (χ1v) is 10.6. The maximum atomic E-state index is 12.2. The molecule has 2 aromatic heterocycles. The minimum absolute atomic E-state index is 0.135. The molecule has 0 saturated carbocycles. The predicted octanol–water partition coefficient (Wildman–Crippen LogP) is 4.31. The molecular weight excluding hydrogens is 438 g/mol. The van der Waals surface area contributed by atoms with Crippen molar-refractivity contribution in [3.63, 3.8) is 0 Å². The lowest BCUT2D eigenvalue weighted by Gasteiger charge is -2.10. The monoisotopic (exact) mass is 455 g/mol. The van der Waals surface area contributed by atoms with Crippen LogP contribution in [0.4, 0.5) is 5.69 Å². The number of hydrogen-bond acceptors (Lipinski definition) is 6. The largest absolute Gasteiger partial charge is 0.487 e. The highest BCUT2D eigenvalue weighted by Crippen LogP contribution is 2.23. The number of nitrogens with one attached hydrogen (secondary N) is 1. The molecule has 1 amide bonds. The molecule has 2 heterocycles. The van der Waals surface area contributed by atoms with Gasteiger partial charge in [-0.2, -0.15) is 0 Å². The third-order valence-corrected chi connectivity index (χ3v) is 5.45. The topological polar surface area (TPSA) is 81.9 Å². The van der Waals surface area contributed by atoms with E-state index in [-0.39, 0.29) is 24.7 Å². The van der Waals surface area contributed by atoms with Crippen molar-refractivity contribution in [1.82, 2.24) is 9.38 Å². The molecule has 31 heavy (non-hydrogen) atoms. The first-order valence-electron chi connectivity index (χ1n) is 9.37. The number of nitrogens with zero attached hydrogens (tertiary/aromatic N) is 2. The van der Waals surface area contributed by atoms with Crippen LogP contribution in [0.15, 0.2) is 65.6 Å². The van der Waals surface area contributed by atoms with Crippen molar-refractivity contribution in [2.24, 2.45) is 0 Å². The molecule has 4 rings (SSSR count). The number of aryl methyl sites for hydroxylation is 1. The van der Waals surface area contributed by atoms with Crippen LogP contribution in [-0.2, 0) is 11.4 Å². The summed E-state index contributed by atoms with van der Waals surface area (Å²) in [5, 5.41) is 3.19. The Bertz CT molecular complexity index is 1300. The van der Waals surface area contributed by atoms with Gasteiger partial charge in [-0.3, -0.25) is 14.0 Å². The van der Waals surface area contributed by atoms with Crippen LogP contribution in [0.2, 0.25) is 5.02 Å². The van der Waals surface area contributed by atoms with Gasteiger partial charge in [-0.1, -0.05) is 29.8 Å². The van der Waals surface area contributed by atoms with E-state index < -0.39 is 0 Å². The number of aromatic nitrogens is 2. The van der Waals surface area contributed by atoms with Crippen LogP contribution in [0, 0.1) is 6.92 Å². The highest BCUT2D eigenvalue weighted by Gasteiger charge is 2.08. The van der Waals surface area contributed by atoms with Crippen LogP contribution in [0.25, 0.3) is 4.96 Å². The molecule has 158 valence electrons. The van der Waals surface area contributed by atoms with Crippen molar-refractivity contribution in [3.05, 3.63) is 86.7 Å². The third-order valence-electron chi connectivity index (χ3n) is 4.24. The second kappa shape index (κ2) is 9.20. The number of fused-ring (bicyclic) bond motifs is 1. The van der Waals surface area contributed by atoms with Crippen molar-refractivity contribution >= 4 is 39.5 Å². The van der Waals surface area contributed by atoms with Gasteiger partial charge in [0.1, 0.15) is 18.1 Å². The average Bonchev–Trinajstić information content (AvgIpc) is 3.13. The summed E-state index contributed by atoms with van der Waals surface area (Å²) in [6.07, 6.45) is 1.77. The van der Waals surface area contributed by atoms with E-state index in [0.29, 0.717) is 32.9 Å². The molecule has 1 N–H and O–H groups in total. The van der Waals surface area contributed by atoms with Crippen LogP contribution < -0.4 is 20.3 Å². The molecule has 0 atom stereocenters. The predicted molar refractivity (Wildman–Crippen MR) is 120 cm³/mol. The number of rotatable bonds is 7. The summed E-state index contributed by atoms with van der Waals surface area (Å²) >= 11 is 7.46. The Hall–Kier alpha value is -3.36. The maximum Gasteiger partial charge on any atom is 0.262 e. The fraction of sp³-hybridized carbons (Fsp3) is 0.136. The van der Waals surface area contributed by atoms with Crippen molar-refractivity contribution in [1.29, 1.82) is 0 Å². The van der Waals surface area contributed by atoms with Gasteiger partial charge in [0.15, 0.2) is 11.6 Å². The summed E-state index contributed by atoms with van der Waals surface area (Å²) < 4.78 is 12.7. The Labute approximate surface area is 186 Å². The molecular formula is C22H18ClN3O4S. The van der Waals surface area contributed by atoms with Gasteiger partial charge < -0.3 is 14.8 Å². The number of halogens is 1. The Balaban J connectivity index is 1.36. The van der Waals surface area contributed by atoms with Crippen molar-refractivity contribution in [2.45, 2.75) is 13.5 Å². The number of thiazole rings is 1. The van der Waals surface area contributed by atoms with E-state index >= 15 is 0 Å². The number of carbonyl (C=O) groups is 1. The zero-order valence-electron chi connectivity index (χ0n) is 16.5. The zero-order valence-corrected chi connectivity index (χ0v) is 18.1. The van der Waals surface area contributed by atoms with Gasteiger partial charge in [0.05, 0.1) is 10.7 Å².